The van der Waals surface area contributed by atoms with Crippen molar-refractivity contribution in [1.82, 2.24) is 4.57 Å². The number of hydrogen-bond acceptors (Lipinski definition) is 1. The van der Waals surface area contributed by atoms with Crippen LogP contribution in [0.5, 0.6) is 0 Å². The van der Waals surface area contributed by atoms with E-state index in [-0.39, 0.29) is 0 Å². The summed E-state index contributed by atoms with van der Waals surface area (Å²) in [4.78, 5) is 0. The monoisotopic (exact) mass is 457 g/mol. The summed E-state index contributed by atoms with van der Waals surface area (Å²) in [7, 11) is 0. The molecule has 0 saturated heterocycles. The summed E-state index contributed by atoms with van der Waals surface area (Å²) in [6.07, 6.45) is 0. The van der Waals surface area contributed by atoms with Gasteiger partial charge in [0.25, 0.3) is 0 Å². The number of rotatable bonds is 1. The highest BCUT2D eigenvalue weighted by Gasteiger charge is 2.23. The summed E-state index contributed by atoms with van der Waals surface area (Å²) in [5, 5.41) is 7.51. The van der Waals surface area contributed by atoms with Crippen molar-refractivity contribution in [2.75, 3.05) is 0 Å². The van der Waals surface area contributed by atoms with Crippen LogP contribution in [0.2, 0.25) is 0 Å². The number of nitrogens with zero attached hydrogens (tertiary/aromatic N) is 1. The largest absolute Gasteiger partial charge is 0.456 e. The van der Waals surface area contributed by atoms with E-state index in [1.807, 2.05) is 6.07 Å². The minimum absolute atomic E-state index is 0.931. The number of fused-ring (bicyclic) bond motifs is 10. The first kappa shape index (κ1) is 18.5. The molecule has 2 heterocycles. The summed E-state index contributed by atoms with van der Waals surface area (Å²) in [6, 6.07) is 41.6. The van der Waals surface area contributed by atoms with Crippen LogP contribution in [0.15, 0.2) is 120 Å². The van der Waals surface area contributed by atoms with E-state index in [0.29, 0.717) is 0 Å². The summed E-state index contributed by atoms with van der Waals surface area (Å²) in [5.41, 5.74) is 10.7. The van der Waals surface area contributed by atoms with Crippen molar-refractivity contribution in [2.24, 2.45) is 0 Å². The Morgan fingerprint density at radius 1 is 0.444 bits per heavy atom. The molecule has 0 amide bonds. The van der Waals surface area contributed by atoms with Gasteiger partial charge in [-0.05, 0) is 69.4 Å². The minimum Gasteiger partial charge on any atom is -0.456 e. The second kappa shape index (κ2) is 6.44. The average molecular weight is 458 g/mol. The molecule has 2 nitrogen and oxygen atoms in total. The molecule has 0 fully saturated rings. The fourth-order valence-corrected chi connectivity index (χ4v) is 6.47. The van der Waals surface area contributed by atoms with Crippen LogP contribution in [-0.4, -0.2) is 4.57 Å². The quantitative estimate of drug-likeness (QED) is 0.240. The smallest absolute Gasteiger partial charge is 0.136 e. The Morgan fingerprint density at radius 3 is 2.11 bits per heavy atom. The zero-order valence-electron chi connectivity index (χ0n) is 19.3. The Balaban J connectivity index is 1.41. The molecule has 166 valence electrons. The Bertz CT molecular complexity index is 2200. The van der Waals surface area contributed by atoms with E-state index in [4.69, 9.17) is 4.42 Å². The maximum atomic E-state index is 6.24. The van der Waals surface area contributed by atoms with Crippen LogP contribution in [0.4, 0.5) is 0 Å². The molecule has 1 aliphatic carbocycles. The number of benzene rings is 6. The number of hydrogen-bond donors (Lipinski definition) is 0. The van der Waals surface area contributed by atoms with E-state index in [0.717, 1.165) is 16.6 Å². The van der Waals surface area contributed by atoms with E-state index in [1.54, 1.807) is 0 Å². The lowest BCUT2D eigenvalue weighted by Gasteiger charge is -2.11. The van der Waals surface area contributed by atoms with Crippen LogP contribution in [0.3, 0.4) is 0 Å². The molecule has 0 unspecified atom stereocenters. The van der Waals surface area contributed by atoms with Gasteiger partial charge in [0.1, 0.15) is 11.2 Å². The topological polar surface area (TPSA) is 18.1 Å². The van der Waals surface area contributed by atoms with Crippen molar-refractivity contribution in [2.45, 2.75) is 0 Å². The van der Waals surface area contributed by atoms with Crippen LogP contribution < -0.4 is 0 Å². The maximum absolute atomic E-state index is 6.24. The van der Waals surface area contributed by atoms with Gasteiger partial charge < -0.3 is 8.98 Å². The second-order valence-electron chi connectivity index (χ2n) is 9.72. The van der Waals surface area contributed by atoms with Gasteiger partial charge in [-0.3, -0.25) is 0 Å². The molecule has 8 aromatic rings. The molecular formula is C34H19NO. The molecule has 0 bridgehead atoms. The first-order valence-corrected chi connectivity index (χ1v) is 12.4. The molecule has 0 saturated carbocycles. The van der Waals surface area contributed by atoms with E-state index >= 15 is 0 Å². The van der Waals surface area contributed by atoms with Gasteiger partial charge in [0.05, 0.1) is 11.0 Å². The summed E-state index contributed by atoms with van der Waals surface area (Å²) < 4.78 is 8.66. The van der Waals surface area contributed by atoms with Crippen LogP contribution in [0.25, 0.3) is 82.5 Å². The first-order chi connectivity index (χ1) is 17.9. The molecular weight excluding hydrogens is 438 g/mol. The van der Waals surface area contributed by atoms with Crippen molar-refractivity contribution in [3.8, 4) is 27.9 Å². The molecule has 9 rings (SSSR count). The van der Waals surface area contributed by atoms with E-state index in [2.05, 4.69) is 114 Å². The predicted octanol–water partition coefficient (Wildman–Crippen LogP) is 9.48. The number of para-hydroxylation sites is 2. The Morgan fingerprint density at radius 2 is 1.22 bits per heavy atom. The second-order valence-corrected chi connectivity index (χ2v) is 9.72. The fraction of sp³-hybridized carbons (Fsp3) is 0. The van der Waals surface area contributed by atoms with Crippen molar-refractivity contribution in [3.63, 3.8) is 0 Å². The third kappa shape index (κ3) is 2.18. The van der Waals surface area contributed by atoms with Crippen LogP contribution in [0, 0.1) is 0 Å². The molecule has 6 aromatic carbocycles. The van der Waals surface area contributed by atoms with Gasteiger partial charge in [-0.15, -0.1) is 0 Å². The number of furan rings is 1. The predicted molar refractivity (Wildman–Crippen MR) is 150 cm³/mol. The maximum Gasteiger partial charge on any atom is 0.136 e. The van der Waals surface area contributed by atoms with Crippen molar-refractivity contribution in [3.05, 3.63) is 115 Å². The first-order valence-electron chi connectivity index (χ1n) is 12.4. The third-order valence-electron chi connectivity index (χ3n) is 7.92. The van der Waals surface area contributed by atoms with Crippen molar-refractivity contribution in [1.29, 1.82) is 0 Å². The standard InChI is InChI=1S/C34H19NO/c1-3-13-28-25(9-1)33-29(17-18-31-34(33)26-10-2-4-14-30(26)36-31)35(28)21-15-16-22-23-11-5-7-20-8-6-12-24(32(20)23)27(22)19-21/h1-19H. The highest BCUT2D eigenvalue weighted by molar-refractivity contribution is 6.27. The number of aromatic nitrogens is 1. The van der Waals surface area contributed by atoms with Crippen LogP contribution in [0.1, 0.15) is 0 Å². The molecule has 0 N–H and O–H groups in total. The lowest BCUT2D eigenvalue weighted by Crippen LogP contribution is -1.94. The Labute approximate surface area is 206 Å². The molecule has 1 aliphatic rings. The summed E-state index contributed by atoms with van der Waals surface area (Å²) in [5.74, 6) is 0. The zero-order valence-corrected chi connectivity index (χ0v) is 19.3. The van der Waals surface area contributed by atoms with E-state index in [9.17, 15) is 0 Å². The lowest BCUT2D eigenvalue weighted by atomic mass is 10.0. The minimum atomic E-state index is 0.931. The van der Waals surface area contributed by atoms with Crippen molar-refractivity contribution >= 4 is 54.5 Å². The van der Waals surface area contributed by atoms with Crippen LogP contribution >= 0.6 is 0 Å². The average Bonchev–Trinajstić information content (AvgIpc) is 3.57. The van der Waals surface area contributed by atoms with Gasteiger partial charge in [0.2, 0.25) is 0 Å². The molecule has 0 atom stereocenters. The highest BCUT2D eigenvalue weighted by atomic mass is 16.3. The molecule has 0 spiro atoms. The molecule has 0 radical (unpaired) electrons. The van der Waals surface area contributed by atoms with Gasteiger partial charge in [-0.2, -0.15) is 0 Å². The summed E-state index contributed by atoms with van der Waals surface area (Å²) >= 11 is 0. The zero-order chi connectivity index (χ0) is 23.4. The van der Waals surface area contributed by atoms with Gasteiger partial charge in [0, 0.05) is 27.2 Å². The van der Waals surface area contributed by atoms with Crippen LogP contribution in [-0.2, 0) is 0 Å². The normalized spacial score (nSPS) is 12.4. The van der Waals surface area contributed by atoms with E-state index in [1.165, 1.54) is 65.9 Å². The van der Waals surface area contributed by atoms with Gasteiger partial charge >= 0.3 is 0 Å². The van der Waals surface area contributed by atoms with Gasteiger partial charge in [-0.1, -0.05) is 78.9 Å². The Hall–Kier alpha value is -4.82. The summed E-state index contributed by atoms with van der Waals surface area (Å²) in [6.45, 7) is 0. The van der Waals surface area contributed by atoms with Gasteiger partial charge in [0.15, 0.2) is 0 Å². The van der Waals surface area contributed by atoms with Crippen molar-refractivity contribution < 1.29 is 4.42 Å². The lowest BCUT2D eigenvalue weighted by molar-refractivity contribution is 0.669. The Kier molecular flexibility index (Phi) is 3.31. The molecule has 0 aliphatic heterocycles. The highest BCUT2D eigenvalue weighted by Crippen LogP contribution is 2.48. The third-order valence-corrected chi connectivity index (χ3v) is 7.92. The van der Waals surface area contributed by atoms with E-state index < -0.39 is 0 Å². The molecule has 36 heavy (non-hydrogen) atoms. The SMILES string of the molecule is c1cc2c3c(cccc3c1)-c1cc(-n3c4ccccc4c4c5c(ccc43)oc3ccccc35)ccc1-2. The van der Waals surface area contributed by atoms with Gasteiger partial charge in [-0.25, -0.2) is 0 Å². The molecule has 2 heteroatoms. The fourth-order valence-electron chi connectivity index (χ4n) is 6.47. The molecule has 2 aromatic heterocycles.